The number of carbonyl (C=O) groups excluding carboxylic acids is 1. The van der Waals surface area contributed by atoms with Crippen LogP contribution in [0.5, 0.6) is 5.75 Å². The van der Waals surface area contributed by atoms with E-state index in [2.05, 4.69) is 0 Å². The van der Waals surface area contributed by atoms with Gasteiger partial charge in [-0.2, -0.15) is 0 Å². The van der Waals surface area contributed by atoms with Gasteiger partial charge in [-0.25, -0.2) is 0 Å². The van der Waals surface area contributed by atoms with Gasteiger partial charge in [0.15, 0.2) is 5.78 Å². The normalized spacial score (nSPS) is 11.0. The summed E-state index contributed by atoms with van der Waals surface area (Å²) in [4.78, 5) is 22.8. The van der Waals surface area contributed by atoms with Crippen LogP contribution in [-0.2, 0) is 0 Å². The molecule has 3 rings (SSSR count). The first-order valence-corrected chi connectivity index (χ1v) is 7.24. The maximum Gasteiger partial charge on any atom is 0.270 e. The number of nitro benzene ring substituents is 1. The van der Waals surface area contributed by atoms with Gasteiger partial charge >= 0.3 is 0 Å². The van der Waals surface area contributed by atoms with E-state index in [4.69, 9.17) is 0 Å². The number of hydrogen-bond acceptors (Lipinski definition) is 4. The Bertz CT molecular complexity index is 976. The number of non-ortho nitro benzene ring substituents is 1. The molecule has 0 bridgehead atoms. The average Bonchev–Trinajstić information content (AvgIpc) is 2.60. The van der Waals surface area contributed by atoms with E-state index < -0.39 is 4.92 Å². The van der Waals surface area contributed by atoms with Crippen LogP contribution in [0.1, 0.15) is 15.9 Å². The maximum atomic E-state index is 12.5. The Morgan fingerprint density at radius 3 is 2.62 bits per heavy atom. The molecule has 0 aliphatic heterocycles. The number of fused-ring (bicyclic) bond motifs is 1. The summed E-state index contributed by atoms with van der Waals surface area (Å²) >= 11 is 0. The second-order valence-corrected chi connectivity index (χ2v) is 5.23. The Morgan fingerprint density at radius 1 is 1.04 bits per heavy atom. The molecular formula is C19H13NO4. The third kappa shape index (κ3) is 3.01. The van der Waals surface area contributed by atoms with Crippen molar-refractivity contribution in [3.05, 3.63) is 88.0 Å². The molecular weight excluding hydrogens is 306 g/mol. The molecule has 0 unspecified atom stereocenters. The van der Waals surface area contributed by atoms with Gasteiger partial charge in [0.25, 0.3) is 5.69 Å². The van der Waals surface area contributed by atoms with Crippen LogP contribution in [0.3, 0.4) is 0 Å². The van der Waals surface area contributed by atoms with Crippen LogP contribution in [0, 0.1) is 10.1 Å². The lowest BCUT2D eigenvalue weighted by Gasteiger charge is -2.06. The van der Waals surface area contributed by atoms with Crippen molar-refractivity contribution >= 4 is 28.3 Å². The molecule has 0 heterocycles. The summed E-state index contributed by atoms with van der Waals surface area (Å²) in [6.45, 7) is 0. The van der Waals surface area contributed by atoms with Crippen LogP contribution in [0.15, 0.2) is 66.7 Å². The van der Waals surface area contributed by atoms with Gasteiger partial charge in [0.1, 0.15) is 5.75 Å². The van der Waals surface area contributed by atoms with E-state index in [-0.39, 0.29) is 22.8 Å². The molecule has 3 aromatic carbocycles. The Labute approximate surface area is 137 Å². The molecule has 3 aromatic rings. The van der Waals surface area contributed by atoms with Crippen molar-refractivity contribution in [2.45, 2.75) is 0 Å². The van der Waals surface area contributed by atoms with Crippen molar-refractivity contribution in [2.75, 3.05) is 0 Å². The van der Waals surface area contributed by atoms with E-state index in [0.29, 0.717) is 10.9 Å². The molecule has 0 saturated carbocycles. The predicted molar refractivity (Wildman–Crippen MR) is 92.1 cm³/mol. The number of phenols is 1. The first kappa shape index (κ1) is 15.4. The number of phenolic OH excluding ortho intramolecular Hbond substituents is 1. The van der Waals surface area contributed by atoms with Crippen molar-refractivity contribution < 1.29 is 14.8 Å². The fourth-order valence-corrected chi connectivity index (χ4v) is 2.52. The highest BCUT2D eigenvalue weighted by atomic mass is 16.6. The third-order valence-corrected chi connectivity index (χ3v) is 3.66. The number of benzene rings is 3. The molecule has 0 amide bonds. The molecule has 0 spiro atoms. The van der Waals surface area contributed by atoms with Crippen LogP contribution in [0.25, 0.3) is 16.8 Å². The Hall–Kier alpha value is -3.47. The van der Waals surface area contributed by atoms with Crippen molar-refractivity contribution in [2.24, 2.45) is 0 Å². The molecule has 0 aromatic heterocycles. The molecule has 5 heteroatoms. The Morgan fingerprint density at radius 2 is 1.83 bits per heavy atom. The average molecular weight is 319 g/mol. The number of carbonyl (C=O) groups is 1. The van der Waals surface area contributed by atoms with Crippen LogP contribution in [0.4, 0.5) is 5.69 Å². The minimum atomic E-state index is -0.490. The van der Waals surface area contributed by atoms with Crippen molar-refractivity contribution in [3.8, 4) is 5.75 Å². The zero-order valence-electron chi connectivity index (χ0n) is 12.5. The predicted octanol–water partition coefficient (Wildman–Crippen LogP) is 4.35. The fourth-order valence-electron chi connectivity index (χ4n) is 2.52. The molecule has 1 N–H and O–H groups in total. The summed E-state index contributed by atoms with van der Waals surface area (Å²) in [5.74, 6) is -0.460. The summed E-state index contributed by atoms with van der Waals surface area (Å²) in [5.41, 5.74) is 0.713. The molecule has 0 aliphatic carbocycles. The van der Waals surface area contributed by atoms with E-state index >= 15 is 0 Å². The van der Waals surface area contributed by atoms with Crippen molar-refractivity contribution in [1.82, 2.24) is 0 Å². The third-order valence-electron chi connectivity index (χ3n) is 3.66. The minimum Gasteiger partial charge on any atom is -0.507 e. The second kappa shape index (κ2) is 6.34. The van der Waals surface area contributed by atoms with Gasteiger partial charge in [0.05, 0.1) is 10.5 Å². The summed E-state index contributed by atoms with van der Waals surface area (Å²) < 4.78 is 0. The quantitative estimate of drug-likeness (QED) is 0.335. The van der Waals surface area contributed by atoms with Crippen LogP contribution >= 0.6 is 0 Å². The number of nitrogens with zero attached hydrogens (tertiary/aromatic N) is 1. The highest BCUT2D eigenvalue weighted by Gasteiger charge is 2.13. The number of allylic oxidation sites excluding steroid dienone is 1. The lowest BCUT2D eigenvalue weighted by atomic mass is 9.99. The van der Waals surface area contributed by atoms with Gasteiger partial charge in [-0.15, -0.1) is 0 Å². The van der Waals surface area contributed by atoms with Gasteiger partial charge in [-0.05, 0) is 28.5 Å². The van der Waals surface area contributed by atoms with E-state index in [0.717, 1.165) is 5.39 Å². The molecule has 0 saturated heterocycles. The lowest BCUT2D eigenvalue weighted by molar-refractivity contribution is -0.384. The zero-order valence-corrected chi connectivity index (χ0v) is 12.5. The van der Waals surface area contributed by atoms with E-state index in [9.17, 15) is 20.0 Å². The minimum absolute atomic E-state index is 0.0439. The van der Waals surface area contributed by atoms with E-state index in [1.54, 1.807) is 30.3 Å². The van der Waals surface area contributed by atoms with Gasteiger partial charge < -0.3 is 5.11 Å². The van der Waals surface area contributed by atoms with Crippen LogP contribution in [0.2, 0.25) is 0 Å². The highest BCUT2D eigenvalue weighted by molar-refractivity contribution is 6.16. The standard InChI is InChI=1S/C19H13NO4/c21-17(10-8-13-4-3-6-15(12-13)20(23)24)19-16-7-2-1-5-14(16)9-11-18(19)22/h1-12,22H. The molecule has 24 heavy (non-hydrogen) atoms. The Balaban J connectivity index is 1.97. The number of hydrogen-bond donors (Lipinski definition) is 1. The van der Waals surface area contributed by atoms with E-state index in [1.807, 2.05) is 12.1 Å². The van der Waals surface area contributed by atoms with Crippen molar-refractivity contribution in [3.63, 3.8) is 0 Å². The van der Waals surface area contributed by atoms with E-state index in [1.165, 1.54) is 30.4 Å². The molecule has 118 valence electrons. The van der Waals surface area contributed by atoms with Gasteiger partial charge in [0, 0.05) is 12.1 Å². The van der Waals surface area contributed by atoms with Gasteiger partial charge in [-0.1, -0.05) is 48.5 Å². The molecule has 0 aliphatic rings. The summed E-state index contributed by atoms with van der Waals surface area (Å²) in [7, 11) is 0. The Kier molecular flexibility index (Phi) is 4.07. The number of ketones is 1. The zero-order chi connectivity index (χ0) is 17.1. The highest BCUT2D eigenvalue weighted by Crippen LogP contribution is 2.28. The first-order valence-electron chi connectivity index (χ1n) is 7.24. The topological polar surface area (TPSA) is 80.4 Å². The number of rotatable bonds is 4. The SMILES string of the molecule is O=C(C=Cc1cccc([N+](=O)[O-])c1)c1c(O)ccc2ccccc12. The summed E-state index contributed by atoms with van der Waals surface area (Å²) in [6, 6.07) is 16.5. The maximum absolute atomic E-state index is 12.5. The number of nitro groups is 1. The molecule has 0 radical (unpaired) electrons. The second-order valence-electron chi connectivity index (χ2n) is 5.23. The van der Waals surface area contributed by atoms with Crippen molar-refractivity contribution in [1.29, 1.82) is 0 Å². The smallest absolute Gasteiger partial charge is 0.270 e. The summed E-state index contributed by atoms with van der Waals surface area (Å²) in [6.07, 6.45) is 2.80. The van der Waals surface area contributed by atoms with Crippen LogP contribution < -0.4 is 0 Å². The molecule has 0 atom stereocenters. The van der Waals surface area contributed by atoms with Crippen LogP contribution in [-0.4, -0.2) is 15.8 Å². The number of aromatic hydroxyl groups is 1. The summed E-state index contributed by atoms with van der Waals surface area (Å²) in [5, 5.41) is 22.3. The first-order chi connectivity index (χ1) is 11.6. The largest absolute Gasteiger partial charge is 0.507 e. The lowest BCUT2D eigenvalue weighted by Crippen LogP contribution is -1.96. The monoisotopic (exact) mass is 319 g/mol. The fraction of sp³-hybridized carbons (Fsp3) is 0. The van der Waals surface area contributed by atoms with Gasteiger partial charge in [-0.3, -0.25) is 14.9 Å². The molecule has 0 fully saturated rings. The molecule has 5 nitrogen and oxygen atoms in total. The van der Waals surface area contributed by atoms with Gasteiger partial charge in [0.2, 0.25) is 0 Å².